The number of likely N-dealkylation sites (N-methyl/N-ethyl adjacent to an activating group) is 1. The molecule has 2 unspecified atom stereocenters. The van der Waals surface area contributed by atoms with E-state index in [0.29, 0.717) is 17.3 Å². The van der Waals surface area contributed by atoms with E-state index >= 15 is 0 Å². The molecule has 1 N–H and O–H groups in total. The van der Waals surface area contributed by atoms with Crippen molar-refractivity contribution in [3.63, 3.8) is 0 Å². The summed E-state index contributed by atoms with van der Waals surface area (Å²) >= 11 is 0. The maximum atomic E-state index is 13.1. The molecule has 0 aliphatic rings. The second-order valence-corrected chi connectivity index (χ2v) is 18.6. The van der Waals surface area contributed by atoms with Crippen molar-refractivity contribution in [2.24, 2.45) is 0 Å². The number of hydrogen-bond acceptors (Lipinski definition) is 8. The highest BCUT2D eigenvalue weighted by molar-refractivity contribution is 7.45. The molecule has 0 radical (unpaired) electrons. The van der Waals surface area contributed by atoms with E-state index in [1.165, 1.54) is 96.3 Å². The summed E-state index contributed by atoms with van der Waals surface area (Å²) in [6.07, 6.45) is 44.2. The van der Waals surface area contributed by atoms with Crippen LogP contribution in [0, 0.1) is 0 Å². The molecule has 3 atom stereocenters. The minimum Gasteiger partial charge on any atom is -0.756 e. The van der Waals surface area contributed by atoms with E-state index in [1.54, 1.807) is 0 Å². The van der Waals surface area contributed by atoms with Crippen molar-refractivity contribution < 1.29 is 42.4 Å². The van der Waals surface area contributed by atoms with Crippen LogP contribution >= 0.6 is 7.82 Å². The zero-order valence-corrected chi connectivity index (χ0v) is 39.0. The molecule has 0 aromatic heterocycles. The van der Waals surface area contributed by atoms with Gasteiger partial charge in [-0.25, -0.2) is 0 Å². The average molecular weight is 840 g/mol. The van der Waals surface area contributed by atoms with E-state index in [1.807, 2.05) is 21.1 Å². The third-order valence-corrected chi connectivity index (χ3v) is 11.3. The van der Waals surface area contributed by atoms with Crippen molar-refractivity contribution in [3.05, 3.63) is 36.5 Å². The van der Waals surface area contributed by atoms with Gasteiger partial charge >= 0.3 is 5.97 Å². The number of hydrogen-bond donors (Lipinski definition) is 1. The first-order valence-corrected chi connectivity index (χ1v) is 25.1. The van der Waals surface area contributed by atoms with Crippen LogP contribution < -0.4 is 4.89 Å². The molecular weight excluding hydrogens is 750 g/mol. The van der Waals surface area contributed by atoms with Crippen LogP contribution in [0.1, 0.15) is 206 Å². The van der Waals surface area contributed by atoms with Gasteiger partial charge in [0.25, 0.3) is 7.82 Å². The number of ether oxygens (including phenoxy) is 1. The van der Waals surface area contributed by atoms with Crippen LogP contribution in [-0.2, 0) is 27.9 Å². The Balaban J connectivity index is 4.19. The molecule has 0 aromatic carbocycles. The number of Topliss-reactive ketones (excluding diaryl/α,β-unsaturated/α-hetero) is 1. The standard InChI is InChI=1S/C48H90NO8P/c1-6-8-10-12-14-16-18-20-22-23-24-25-27-29-31-33-35-37-39-41-48(52)56-45(43-50)44-55-58(53,54)57-47(42-49(3,4)5)46(51)40-38-36-34-32-30-28-26-21-19-17-15-13-11-9-7-2/h9,11,15,17,21,26,45,47,50H,6-8,10,12-14,16,18-20,22-25,27-44H2,1-5H3/b11-9-,17-15-,26-21-/t45-,47?/m1/s1. The van der Waals surface area contributed by atoms with Crippen molar-refractivity contribution in [1.82, 2.24) is 0 Å². The number of unbranched alkanes of at least 4 members (excludes halogenated alkanes) is 23. The molecule has 0 saturated heterocycles. The highest BCUT2D eigenvalue weighted by Gasteiger charge is 2.30. The molecule has 340 valence electrons. The van der Waals surface area contributed by atoms with E-state index in [9.17, 15) is 24.2 Å². The van der Waals surface area contributed by atoms with Gasteiger partial charge in [-0.15, -0.1) is 0 Å². The molecule has 0 saturated carbocycles. The van der Waals surface area contributed by atoms with Gasteiger partial charge in [0, 0.05) is 12.8 Å². The lowest BCUT2D eigenvalue weighted by atomic mass is 10.0. The Labute approximate surface area is 357 Å². The van der Waals surface area contributed by atoms with Crippen LogP contribution in [-0.4, -0.2) is 74.5 Å². The van der Waals surface area contributed by atoms with E-state index in [4.69, 9.17) is 13.8 Å². The maximum absolute atomic E-state index is 13.1. The third kappa shape index (κ3) is 39.8. The topological polar surface area (TPSA) is 122 Å². The quantitative estimate of drug-likeness (QED) is 0.0212. The summed E-state index contributed by atoms with van der Waals surface area (Å²) in [6.45, 7) is 3.40. The Morgan fingerprint density at radius 1 is 0.621 bits per heavy atom. The van der Waals surface area contributed by atoms with Crippen molar-refractivity contribution in [2.45, 2.75) is 219 Å². The first-order valence-electron chi connectivity index (χ1n) is 23.7. The molecule has 0 amide bonds. The molecule has 0 aliphatic heterocycles. The molecule has 0 bridgehead atoms. The van der Waals surface area contributed by atoms with Crippen molar-refractivity contribution in [3.8, 4) is 0 Å². The number of aliphatic hydroxyl groups is 1. The molecule has 0 aliphatic carbocycles. The van der Waals surface area contributed by atoms with Crippen LogP contribution in [0.5, 0.6) is 0 Å². The van der Waals surface area contributed by atoms with Gasteiger partial charge in [-0.1, -0.05) is 185 Å². The number of rotatable bonds is 43. The number of carbonyl (C=O) groups excluding carboxylic acids is 2. The molecule has 0 aromatic rings. The summed E-state index contributed by atoms with van der Waals surface area (Å²) in [5.41, 5.74) is 0. The Bertz CT molecular complexity index is 1100. The van der Waals surface area contributed by atoms with E-state index in [2.05, 4.69) is 50.3 Å². The van der Waals surface area contributed by atoms with Crippen LogP contribution in [0.15, 0.2) is 36.5 Å². The second-order valence-electron chi connectivity index (χ2n) is 17.3. The molecule has 0 fully saturated rings. The van der Waals surface area contributed by atoms with E-state index in [-0.39, 0.29) is 25.2 Å². The van der Waals surface area contributed by atoms with Crippen LogP contribution in [0.3, 0.4) is 0 Å². The second kappa shape index (κ2) is 39.5. The van der Waals surface area contributed by atoms with E-state index in [0.717, 1.165) is 70.6 Å². The molecule has 10 heteroatoms. The zero-order chi connectivity index (χ0) is 43.0. The molecule has 9 nitrogen and oxygen atoms in total. The summed E-state index contributed by atoms with van der Waals surface area (Å²) in [5.74, 6) is -0.775. The fourth-order valence-electron chi connectivity index (χ4n) is 6.85. The molecule has 0 spiro atoms. The van der Waals surface area contributed by atoms with E-state index < -0.39 is 39.2 Å². The number of allylic oxidation sites excluding steroid dienone is 6. The normalized spacial score (nSPS) is 14.5. The third-order valence-electron chi connectivity index (χ3n) is 10.3. The SMILES string of the molecule is CC/C=C\C/C=C\C/C=C\CCCCCCCC(=O)C(C[N+](C)(C)C)OP(=O)([O-])OC[C@@H](CO)OC(=O)CCCCCCCCCCCCCCCCCCCCC. The monoisotopic (exact) mass is 840 g/mol. The number of ketones is 1. The number of phosphoric ester groups is 1. The molecular formula is C48H90NO8P. The van der Waals surface area contributed by atoms with Gasteiger partial charge in [-0.3, -0.25) is 14.2 Å². The minimum atomic E-state index is -4.93. The van der Waals surface area contributed by atoms with Gasteiger partial charge in [0.15, 0.2) is 11.9 Å². The molecule has 0 heterocycles. The minimum absolute atomic E-state index is 0.156. The van der Waals surface area contributed by atoms with Crippen LogP contribution in [0.25, 0.3) is 0 Å². The first-order chi connectivity index (χ1) is 27.9. The summed E-state index contributed by atoms with van der Waals surface area (Å²) in [5, 5.41) is 9.74. The lowest BCUT2D eigenvalue weighted by Crippen LogP contribution is -2.45. The van der Waals surface area contributed by atoms with Gasteiger partial charge < -0.3 is 28.3 Å². The highest BCUT2D eigenvalue weighted by Crippen LogP contribution is 2.41. The predicted octanol–water partition coefficient (Wildman–Crippen LogP) is 12.4. The van der Waals surface area contributed by atoms with Gasteiger partial charge in [0.05, 0.1) is 34.4 Å². The summed E-state index contributed by atoms with van der Waals surface area (Å²) < 4.78 is 28.7. The van der Waals surface area contributed by atoms with Gasteiger partial charge in [-0.05, 0) is 44.9 Å². The maximum Gasteiger partial charge on any atom is 0.306 e. The van der Waals surface area contributed by atoms with Crippen molar-refractivity contribution in [2.75, 3.05) is 40.9 Å². The Kier molecular flexibility index (Phi) is 38.4. The lowest BCUT2D eigenvalue weighted by Gasteiger charge is -2.32. The van der Waals surface area contributed by atoms with Crippen LogP contribution in [0.2, 0.25) is 0 Å². The highest BCUT2D eigenvalue weighted by atomic mass is 31.2. The van der Waals surface area contributed by atoms with Crippen molar-refractivity contribution in [1.29, 1.82) is 0 Å². The zero-order valence-electron chi connectivity index (χ0n) is 38.2. The van der Waals surface area contributed by atoms with Gasteiger partial charge in [0.1, 0.15) is 12.6 Å². The summed E-state index contributed by atoms with van der Waals surface area (Å²) in [4.78, 5) is 38.3. The first kappa shape index (κ1) is 56.4. The lowest BCUT2D eigenvalue weighted by molar-refractivity contribution is -0.872. The fourth-order valence-corrected chi connectivity index (χ4v) is 7.75. The Morgan fingerprint density at radius 2 is 1.05 bits per heavy atom. The number of esters is 1. The fraction of sp³-hybridized carbons (Fsp3) is 0.833. The summed E-state index contributed by atoms with van der Waals surface area (Å²) in [6, 6.07) is 0. The largest absolute Gasteiger partial charge is 0.756 e. The van der Waals surface area contributed by atoms with Crippen LogP contribution in [0.4, 0.5) is 0 Å². The van der Waals surface area contributed by atoms with Gasteiger partial charge in [0.2, 0.25) is 0 Å². The number of carbonyl (C=O) groups is 2. The van der Waals surface area contributed by atoms with Crippen molar-refractivity contribution >= 4 is 19.6 Å². The van der Waals surface area contributed by atoms with Gasteiger partial charge in [-0.2, -0.15) is 0 Å². The predicted molar refractivity (Wildman–Crippen MR) is 241 cm³/mol. The number of aliphatic hydroxyl groups excluding tert-OH is 1. The molecule has 58 heavy (non-hydrogen) atoms. The average Bonchev–Trinajstić information content (AvgIpc) is 3.17. The Morgan fingerprint density at radius 3 is 1.52 bits per heavy atom. The Hall–Kier alpha value is -1.61. The number of nitrogens with zero attached hydrogens (tertiary/aromatic N) is 1. The summed E-state index contributed by atoms with van der Waals surface area (Å²) in [7, 11) is 0.650. The number of phosphoric acid groups is 1. The number of quaternary nitrogens is 1. The molecule has 0 rings (SSSR count). The smallest absolute Gasteiger partial charge is 0.306 e.